The van der Waals surface area contributed by atoms with Crippen LogP contribution in [0.15, 0.2) is 30.5 Å². The molecule has 0 aliphatic carbocycles. The maximum atomic E-state index is 10.9. The molecule has 5 N–H and O–H groups in total. The minimum atomic E-state index is -4.60. The molecule has 1 aromatic carbocycles. The zero-order valence-corrected chi connectivity index (χ0v) is 14.6. The zero-order chi connectivity index (χ0) is 18.4. The molecule has 0 aliphatic heterocycles. The normalized spacial score (nSPS) is 11.6. The summed E-state index contributed by atoms with van der Waals surface area (Å²) in [5.74, 6) is 0.188. The first-order chi connectivity index (χ1) is 11.8. The van der Waals surface area contributed by atoms with Crippen molar-refractivity contribution in [3.8, 4) is 11.5 Å². The van der Waals surface area contributed by atoms with Crippen LogP contribution < -0.4 is 5.32 Å². The average molecular weight is 368 g/mol. The van der Waals surface area contributed by atoms with Crippen LogP contribution in [-0.2, 0) is 28.7 Å². The van der Waals surface area contributed by atoms with Crippen molar-refractivity contribution in [2.45, 2.75) is 26.5 Å². The van der Waals surface area contributed by atoms with Crippen molar-refractivity contribution in [2.75, 3.05) is 6.54 Å². The molecule has 0 atom stereocenters. The van der Waals surface area contributed by atoms with Crippen LogP contribution in [0.2, 0.25) is 0 Å². The standard InChI is InChI=1S/C16H21N2O6P/c1-11-16(20)15(13(8-18-11)10-24-25(21,22)23)9-17-7-6-12-2-4-14(19)5-3-12/h2-5,8,17,19-20H,6-7,9-10H2,1H3,(H2,21,22,23). The van der Waals surface area contributed by atoms with Gasteiger partial charge < -0.3 is 25.3 Å². The third-order valence-electron chi connectivity index (χ3n) is 3.65. The van der Waals surface area contributed by atoms with Crippen molar-refractivity contribution in [2.24, 2.45) is 0 Å². The van der Waals surface area contributed by atoms with Crippen LogP contribution >= 0.6 is 7.82 Å². The van der Waals surface area contributed by atoms with E-state index < -0.39 is 7.82 Å². The van der Waals surface area contributed by atoms with Gasteiger partial charge in [0.05, 0.1) is 12.3 Å². The Morgan fingerprint density at radius 1 is 1.20 bits per heavy atom. The fraction of sp³-hybridized carbons (Fsp3) is 0.312. The maximum Gasteiger partial charge on any atom is 0.469 e. The first-order valence-corrected chi connectivity index (χ1v) is 9.14. The number of phenolic OH excluding ortho intramolecular Hbond substituents is 1. The average Bonchev–Trinajstić information content (AvgIpc) is 2.55. The Morgan fingerprint density at radius 3 is 2.52 bits per heavy atom. The van der Waals surface area contributed by atoms with Crippen molar-refractivity contribution < 1.29 is 29.1 Å². The highest BCUT2D eigenvalue weighted by Gasteiger charge is 2.17. The lowest BCUT2D eigenvalue weighted by molar-refractivity contribution is 0.188. The Hall–Kier alpha value is -1.96. The fourth-order valence-electron chi connectivity index (χ4n) is 2.27. The van der Waals surface area contributed by atoms with Crippen molar-refractivity contribution in [1.82, 2.24) is 10.3 Å². The number of pyridine rings is 1. The van der Waals surface area contributed by atoms with E-state index in [4.69, 9.17) is 9.79 Å². The predicted octanol–water partition coefficient (Wildman–Crippen LogP) is 1.74. The number of phenols is 1. The molecule has 2 aromatic rings. The molecule has 136 valence electrons. The minimum Gasteiger partial charge on any atom is -0.508 e. The summed E-state index contributed by atoms with van der Waals surface area (Å²) >= 11 is 0. The van der Waals surface area contributed by atoms with E-state index in [2.05, 4.69) is 14.8 Å². The van der Waals surface area contributed by atoms with Gasteiger partial charge >= 0.3 is 7.82 Å². The predicted molar refractivity (Wildman–Crippen MR) is 91.0 cm³/mol. The van der Waals surface area contributed by atoms with E-state index in [9.17, 15) is 14.8 Å². The fourth-order valence-corrected chi connectivity index (χ4v) is 2.58. The van der Waals surface area contributed by atoms with Crippen LogP contribution in [0.3, 0.4) is 0 Å². The Morgan fingerprint density at radius 2 is 1.88 bits per heavy atom. The van der Waals surface area contributed by atoms with Gasteiger partial charge in [-0.25, -0.2) is 4.57 Å². The van der Waals surface area contributed by atoms with Crippen LogP contribution in [0.5, 0.6) is 11.5 Å². The topological polar surface area (TPSA) is 132 Å². The van der Waals surface area contributed by atoms with Gasteiger partial charge in [0.1, 0.15) is 11.5 Å². The molecule has 0 radical (unpaired) electrons. The van der Waals surface area contributed by atoms with Gasteiger partial charge in [0.2, 0.25) is 0 Å². The second-order valence-electron chi connectivity index (χ2n) is 5.55. The summed E-state index contributed by atoms with van der Waals surface area (Å²) in [7, 11) is -4.60. The first kappa shape index (κ1) is 19.4. The number of aromatic hydroxyl groups is 2. The van der Waals surface area contributed by atoms with E-state index in [-0.39, 0.29) is 18.1 Å². The van der Waals surface area contributed by atoms with Crippen LogP contribution in [0.25, 0.3) is 0 Å². The zero-order valence-electron chi connectivity index (χ0n) is 13.7. The Labute approximate surface area is 145 Å². The summed E-state index contributed by atoms with van der Waals surface area (Å²) < 4.78 is 15.4. The second kappa shape index (κ2) is 8.42. The first-order valence-electron chi connectivity index (χ1n) is 7.61. The number of phosphoric acid groups is 1. The van der Waals surface area contributed by atoms with Crippen molar-refractivity contribution in [3.05, 3.63) is 52.8 Å². The molecule has 0 bridgehead atoms. The van der Waals surface area contributed by atoms with E-state index >= 15 is 0 Å². The molecule has 0 amide bonds. The number of nitrogens with zero attached hydrogens (tertiary/aromatic N) is 1. The minimum absolute atomic E-state index is 0.0241. The molecule has 8 nitrogen and oxygen atoms in total. The Balaban J connectivity index is 1.98. The highest BCUT2D eigenvalue weighted by atomic mass is 31.2. The van der Waals surface area contributed by atoms with Gasteiger partial charge in [-0.05, 0) is 37.6 Å². The van der Waals surface area contributed by atoms with Gasteiger partial charge in [0, 0.05) is 23.9 Å². The number of phosphoric ester groups is 1. The molecule has 0 aliphatic rings. The number of aryl methyl sites for hydroxylation is 1. The second-order valence-corrected chi connectivity index (χ2v) is 6.79. The molecule has 0 spiro atoms. The summed E-state index contributed by atoms with van der Waals surface area (Å²) in [4.78, 5) is 21.6. The highest BCUT2D eigenvalue weighted by Crippen LogP contribution is 2.38. The van der Waals surface area contributed by atoms with Crippen LogP contribution in [0.4, 0.5) is 0 Å². The number of benzene rings is 1. The number of aromatic nitrogens is 1. The third kappa shape index (κ3) is 6.12. The summed E-state index contributed by atoms with van der Waals surface area (Å²) in [6.07, 6.45) is 2.15. The lowest BCUT2D eigenvalue weighted by Crippen LogP contribution is -2.18. The summed E-state index contributed by atoms with van der Waals surface area (Å²) in [6, 6.07) is 6.88. The molecule has 0 unspecified atom stereocenters. The van der Waals surface area contributed by atoms with E-state index in [1.807, 2.05) is 12.1 Å². The number of rotatable bonds is 8. The lowest BCUT2D eigenvalue weighted by atomic mass is 10.1. The molecular formula is C16H21N2O6P. The highest BCUT2D eigenvalue weighted by molar-refractivity contribution is 7.46. The van der Waals surface area contributed by atoms with Gasteiger partial charge in [-0.3, -0.25) is 9.51 Å². The van der Waals surface area contributed by atoms with Crippen LogP contribution in [0.1, 0.15) is 22.4 Å². The Bertz CT molecular complexity index is 760. The summed E-state index contributed by atoms with van der Waals surface area (Å²) in [5.41, 5.74) is 2.37. The van der Waals surface area contributed by atoms with E-state index in [0.29, 0.717) is 29.9 Å². The Kier molecular flexibility index (Phi) is 6.52. The molecule has 0 saturated heterocycles. The van der Waals surface area contributed by atoms with Gasteiger partial charge in [0.25, 0.3) is 0 Å². The SMILES string of the molecule is Cc1ncc(COP(=O)(O)O)c(CNCCc2ccc(O)cc2)c1O. The largest absolute Gasteiger partial charge is 0.508 e. The van der Waals surface area contributed by atoms with Gasteiger partial charge in [-0.15, -0.1) is 0 Å². The third-order valence-corrected chi connectivity index (χ3v) is 4.11. The van der Waals surface area contributed by atoms with Gasteiger partial charge in [-0.2, -0.15) is 0 Å². The van der Waals surface area contributed by atoms with Gasteiger partial charge in [0.15, 0.2) is 0 Å². The molecule has 0 fully saturated rings. The quantitative estimate of drug-likeness (QED) is 0.352. The van der Waals surface area contributed by atoms with E-state index in [1.165, 1.54) is 6.20 Å². The summed E-state index contributed by atoms with van der Waals surface area (Å²) in [6.45, 7) is 2.21. The lowest BCUT2D eigenvalue weighted by Gasteiger charge is -2.14. The smallest absolute Gasteiger partial charge is 0.469 e. The molecule has 2 rings (SSSR count). The van der Waals surface area contributed by atoms with Crippen molar-refractivity contribution in [3.63, 3.8) is 0 Å². The van der Waals surface area contributed by atoms with E-state index in [0.717, 1.165) is 12.0 Å². The summed E-state index contributed by atoms with van der Waals surface area (Å²) in [5, 5.41) is 22.6. The number of hydrogen-bond donors (Lipinski definition) is 5. The van der Waals surface area contributed by atoms with Crippen LogP contribution in [0, 0.1) is 6.92 Å². The van der Waals surface area contributed by atoms with Crippen molar-refractivity contribution >= 4 is 7.82 Å². The molecule has 1 heterocycles. The van der Waals surface area contributed by atoms with Crippen LogP contribution in [-0.4, -0.2) is 31.5 Å². The molecule has 25 heavy (non-hydrogen) atoms. The monoisotopic (exact) mass is 368 g/mol. The number of hydrogen-bond acceptors (Lipinski definition) is 6. The molecular weight excluding hydrogens is 347 g/mol. The molecule has 1 aromatic heterocycles. The maximum absolute atomic E-state index is 10.9. The van der Waals surface area contributed by atoms with Crippen molar-refractivity contribution in [1.29, 1.82) is 0 Å². The van der Waals surface area contributed by atoms with Gasteiger partial charge in [-0.1, -0.05) is 12.1 Å². The molecule has 0 saturated carbocycles. The molecule has 9 heteroatoms. The van der Waals surface area contributed by atoms with E-state index in [1.54, 1.807) is 19.1 Å². The number of nitrogens with one attached hydrogen (secondary N) is 1.